The molecule has 2 saturated heterocycles. The van der Waals surface area contributed by atoms with Crippen LogP contribution in [0.1, 0.15) is 29.8 Å². The van der Waals surface area contributed by atoms with Crippen LogP contribution < -0.4 is 0 Å². The molecule has 2 aliphatic rings. The summed E-state index contributed by atoms with van der Waals surface area (Å²) < 4.78 is 1.85. The van der Waals surface area contributed by atoms with E-state index < -0.39 is 0 Å². The second-order valence-electron chi connectivity index (χ2n) is 7.46. The van der Waals surface area contributed by atoms with Crippen molar-refractivity contribution < 1.29 is 9.59 Å². The molecule has 0 N–H and O–H groups in total. The minimum absolute atomic E-state index is 0.0427. The van der Waals surface area contributed by atoms with Crippen LogP contribution in [0.25, 0.3) is 0 Å². The number of likely N-dealkylation sites (N-methyl/N-ethyl adjacent to an activating group) is 1. The third kappa shape index (κ3) is 3.07. The van der Waals surface area contributed by atoms with Crippen LogP contribution in [0, 0.1) is 5.41 Å². The van der Waals surface area contributed by atoms with E-state index in [-0.39, 0.29) is 17.2 Å². The molecule has 0 bridgehead atoms. The van der Waals surface area contributed by atoms with Gasteiger partial charge in [-0.05, 0) is 45.5 Å². The fourth-order valence-corrected chi connectivity index (χ4v) is 3.96. The lowest BCUT2D eigenvalue weighted by atomic mass is 9.78. The molecule has 0 saturated carbocycles. The second kappa shape index (κ2) is 6.59. The van der Waals surface area contributed by atoms with Crippen LogP contribution in [0.3, 0.4) is 0 Å². The van der Waals surface area contributed by atoms with Gasteiger partial charge in [-0.15, -0.1) is 0 Å². The van der Waals surface area contributed by atoms with E-state index >= 15 is 0 Å². The molecule has 0 radical (unpaired) electrons. The summed E-state index contributed by atoms with van der Waals surface area (Å²) in [5.74, 6) is 0.287. The quantitative estimate of drug-likeness (QED) is 0.828. The topological polar surface area (TPSA) is 48.8 Å². The Morgan fingerprint density at radius 3 is 2.75 bits per heavy atom. The Kier molecular flexibility index (Phi) is 4.67. The minimum Gasteiger partial charge on any atom is -0.347 e. The number of hydrogen-bond donors (Lipinski definition) is 0. The van der Waals surface area contributed by atoms with Gasteiger partial charge in [-0.3, -0.25) is 9.59 Å². The van der Waals surface area contributed by atoms with Crippen LogP contribution in [-0.2, 0) is 11.8 Å². The highest BCUT2D eigenvalue weighted by Gasteiger charge is 2.49. The Bertz CT molecular complexity index is 624. The molecule has 24 heavy (non-hydrogen) atoms. The number of aromatic nitrogens is 1. The summed E-state index contributed by atoms with van der Waals surface area (Å²) in [7, 11) is 5.94. The zero-order valence-corrected chi connectivity index (χ0v) is 15.0. The zero-order chi connectivity index (χ0) is 17.3. The van der Waals surface area contributed by atoms with Gasteiger partial charge in [-0.1, -0.05) is 0 Å². The summed E-state index contributed by atoms with van der Waals surface area (Å²) in [5.41, 5.74) is 0.340. The van der Waals surface area contributed by atoms with Gasteiger partial charge in [0, 0.05) is 46.0 Å². The highest BCUT2D eigenvalue weighted by Crippen LogP contribution is 2.40. The number of rotatable bonds is 4. The number of aryl methyl sites for hydroxylation is 1. The van der Waals surface area contributed by atoms with Gasteiger partial charge in [0.15, 0.2) is 0 Å². The molecule has 3 heterocycles. The van der Waals surface area contributed by atoms with E-state index in [4.69, 9.17) is 0 Å². The molecule has 1 aromatic heterocycles. The summed E-state index contributed by atoms with van der Waals surface area (Å²) in [6.07, 6.45) is 4.57. The molecule has 0 aliphatic carbocycles. The molecular formula is C18H28N4O2. The lowest BCUT2D eigenvalue weighted by Crippen LogP contribution is -2.50. The van der Waals surface area contributed by atoms with E-state index in [0.717, 1.165) is 45.4 Å². The fourth-order valence-electron chi connectivity index (χ4n) is 3.96. The molecule has 2 fully saturated rings. The van der Waals surface area contributed by atoms with Crippen LogP contribution in [0.15, 0.2) is 18.3 Å². The molecule has 0 unspecified atom stereocenters. The van der Waals surface area contributed by atoms with Crippen molar-refractivity contribution in [3.8, 4) is 0 Å². The van der Waals surface area contributed by atoms with Crippen molar-refractivity contribution in [1.29, 1.82) is 0 Å². The third-order valence-corrected chi connectivity index (χ3v) is 5.45. The molecule has 2 amide bonds. The number of nitrogens with zero attached hydrogens (tertiary/aromatic N) is 4. The number of likely N-dealkylation sites (tertiary alicyclic amines) is 2. The monoisotopic (exact) mass is 332 g/mol. The van der Waals surface area contributed by atoms with Crippen molar-refractivity contribution >= 4 is 11.8 Å². The molecule has 3 rings (SSSR count). The molecule has 2 aliphatic heterocycles. The second-order valence-corrected chi connectivity index (χ2v) is 7.46. The van der Waals surface area contributed by atoms with Gasteiger partial charge >= 0.3 is 0 Å². The first kappa shape index (κ1) is 17.0. The van der Waals surface area contributed by atoms with Crippen LogP contribution >= 0.6 is 0 Å². The molecule has 1 aromatic rings. The lowest BCUT2D eigenvalue weighted by Gasteiger charge is -2.39. The van der Waals surface area contributed by atoms with Crippen LogP contribution in [0.2, 0.25) is 0 Å². The van der Waals surface area contributed by atoms with E-state index in [1.807, 2.05) is 53.8 Å². The Morgan fingerprint density at radius 2 is 2.08 bits per heavy atom. The van der Waals surface area contributed by atoms with E-state index in [1.165, 1.54) is 0 Å². The predicted octanol–water partition coefficient (Wildman–Crippen LogP) is 1.04. The van der Waals surface area contributed by atoms with Crippen molar-refractivity contribution in [1.82, 2.24) is 19.3 Å². The van der Waals surface area contributed by atoms with Crippen molar-refractivity contribution in [2.45, 2.75) is 19.3 Å². The number of carbonyl (C=O) groups excluding carboxylic acids is 2. The Labute approximate surface area is 144 Å². The average Bonchev–Trinajstić information content (AvgIpc) is 3.10. The van der Waals surface area contributed by atoms with E-state index in [0.29, 0.717) is 12.2 Å². The van der Waals surface area contributed by atoms with Gasteiger partial charge in [-0.2, -0.15) is 0 Å². The van der Waals surface area contributed by atoms with Gasteiger partial charge < -0.3 is 19.3 Å². The summed E-state index contributed by atoms with van der Waals surface area (Å²) in [6.45, 7) is 3.79. The van der Waals surface area contributed by atoms with Gasteiger partial charge in [0.1, 0.15) is 5.69 Å². The average molecular weight is 332 g/mol. The number of amides is 2. The molecule has 1 atom stereocenters. The standard InChI is InChI=1S/C18H28N4O2/c1-19(2)12-13-21-11-8-18(17(21)24)7-5-10-22(14-18)16(23)15-6-4-9-20(15)3/h4,6,9H,5,7-8,10-14H2,1-3H3/t18-/m0/s1. The smallest absolute Gasteiger partial charge is 0.270 e. The number of hydrogen-bond acceptors (Lipinski definition) is 3. The van der Waals surface area contributed by atoms with E-state index in [9.17, 15) is 9.59 Å². The van der Waals surface area contributed by atoms with Crippen molar-refractivity contribution in [2.75, 3.05) is 46.8 Å². The summed E-state index contributed by atoms with van der Waals surface area (Å²) >= 11 is 0. The Hall–Kier alpha value is -1.82. The van der Waals surface area contributed by atoms with Gasteiger partial charge in [0.05, 0.1) is 5.41 Å². The first-order valence-corrected chi connectivity index (χ1v) is 8.78. The molecular weight excluding hydrogens is 304 g/mol. The molecule has 132 valence electrons. The Balaban J connectivity index is 1.70. The van der Waals surface area contributed by atoms with Crippen molar-refractivity contribution in [3.05, 3.63) is 24.0 Å². The van der Waals surface area contributed by atoms with E-state index in [1.54, 1.807) is 0 Å². The van der Waals surface area contributed by atoms with Crippen LogP contribution in [0.5, 0.6) is 0 Å². The lowest BCUT2D eigenvalue weighted by molar-refractivity contribution is -0.138. The highest BCUT2D eigenvalue weighted by molar-refractivity contribution is 5.94. The van der Waals surface area contributed by atoms with Crippen molar-refractivity contribution in [3.63, 3.8) is 0 Å². The maximum atomic E-state index is 13.0. The van der Waals surface area contributed by atoms with Gasteiger partial charge in [0.25, 0.3) is 5.91 Å². The molecule has 1 spiro atoms. The maximum Gasteiger partial charge on any atom is 0.270 e. The SMILES string of the molecule is CN(C)CCN1CC[C@]2(CCCN(C(=O)c3cccn3C)C2)C1=O. The first-order chi connectivity index (χ1) is 11.4. The highest BCUT2D eigenvalue weighted by atomic mass is 16.2. The van der Waals surface area contributed by atoms with Crippen molar-refractivity contribution in [2.24, 2.45) is 12.5 Å². The fraction of sp³-hybridized carbons (Fsp3) is 0.667. The number of carbonyl (C=O) groups is 2. The van der Waals surface area contributed by atoms with Crippen LogP contribution in [0.4, 0.5) is 0 Å². The number of piperidine rings is 1. The normalized spacial score (nSPS) is 24.4. The third-order valence-electron chi connectivity index (χ3n) is 5.45. The molecule has 6 heteroatoms. The zero-order valence-electron chi connectivity index (χ0n) is 15.0. The minimum atomic E-state index is -0.356. The van der Waals surface area contributed by atoms with Gasteiger partial charge in [0.2, 0.25) is 5.91 Å². The molecule has 6 nitrogen and oxygen atoms in total. The predicted molar refractivity (Wildman–Crippen MR) is 92.7 cm³/mol. The maximum absolute atomic E-state index is 13.0. The van der Waals surface area contributed by atoms with Gasteiger partial charge in [-0.25, -0.2) is 0 Å². The summed E-state index contributed by atoms with van der Waals surface area (Å²) in [5, 5.41) is 0. The molecule has 0 aromatic carbocycles. The Morgan fingerprint density at radius 1 is 1.29 bits per heavy atom. The first-order valence-electron chi connectivity index (χ1n) is 8.78. The summed E-state index contributed by atoms with van der Waals surface area (Å²) in [4.78, 5) is 31.7. The van der Waals surface area contributed by atoms with E-state index in [2.05, 4.69) is 4.90 Å². The summed E-state index contributed by atoms with van der Waals surface area (Å²) in [6, 6.07) is 3.74. The largest absolute Gasteiger partial charge is 0.347 e. The van der Waals surface area contributed by atoms with Crippen LogP contribution in [-0.4, -0.2) is 77.9 Å².